The summed E-state index contributed by atoms with van der Waals surface area (Å²) in [5.41, 5.74) is 7.22. The zero-order valence-electron chi connectivity index (χ0n) is 29.2. The average molecular weight is 688 g/mol. The number of pyridine rings is 2. The minimum absolute atomic E-state index is 0.118. The van der Waals surface area contributed by atoms with Crippen molar-refractivity contribution in [3.63, 3.8) is 0 Å². The Kier molecular flexibility index (Phi) is 9.89. The van der Waals surface area contributed by atoms with E-state index in [0.29, 0.717) is 35.4 Å². The first-order chi connectivity index (χ1) is 25.4. The number of aryl methyl sites for hydroxylation is 2. The molecule has 0 saturated heterocycles. The van der Waals surface area contributed by atoms with E-state index < -0.39 is 17.9 Å². The summed E-state index contributed by atoms with van der Waals surface area (Å²) in [6.07, 6.45) is 7.89. The number of nitrogens with zero attached hydrogens (tertiary/aromatic N) is 4. The Bertz CT molecular complexity index is 2420. The number of allylic oxidation sites excluding steroid dienone is 1. The molecule has 9 nitrogen and oxygen atoms in total. The molecule has 0 radical (unpaired) electrons. The van der Waals surface area contributed by atoms with Crippen molar-refractivity contribution in [1.29, 1.82) is 0 Å². The van der Waals surface area contributed by atoms with E-state index in [-0.39, 0.29) is 13.2 Å². The molecule has 3 aromatic heterocycles. The Labute approximate surface area is 302 Å². The third kappa shape index (κ3) is 7.05. The summed E-state index contributed by atoms with van der Waals surface area (Å²) in [7, 11) is 0. The largest absolute Gasteiger partial charge is 0.463 e. The van der Waals surface area contributed by atoms with E-state index in [2.05, 4.69) is 67.0 Å². The first-order valence-electron chi connectivity index (χ1n) is 17.2. The second-order valence-electron chi connectivity index (χ2n) is 12.5. The summed E-state index contributed by atoms with van der Waals surface area (Å²) in [5.74, 6) is 5.06. The van der Waals surface area contributed by atoms with Gasteiger partial charge >= 0.3 is 11.9 Å². The van der Waals surface area contributed by atoms with Crippen LogP contribution < -0.4 is 5.32 Å². The van der Waals surface area contributed by atoms with E-state index in [1.807, 2.05) is 62.4 Å². The lowest BCUT2D eigenvalue weighted by Crippen LogP contribution is -2.34. The molecule has 9 heteroatoms. The van der Waals surface area contributed by atoms with Gasteiger partial charge in [0.1, 0.15) is 11.3 Å². The van der Waals surface area contributed by atoms with E-state index in [1.165, 1.54) is 0 Å². The van der Waals surface area contributed by atoms with Crippen LogP contribution in [0, 0.1) is 24.7 Å². The van der Waals surface area contributed by atoms with Crippen LogP contribution in [0.1, 0.15) is 42.8 Å². The van der Waals surface area contributed by atoms with Gasteiger partial charge in [0.05, 0.1) is 35.2 Å². The number of rotatable bonds is 9. The van der Waals surface area contributed by atoms with Gasteiger partial charge in [-0.05, 0) is 85.8 Å². The van der Waals surface area contributed by atoms with E-state index in [9.17, 15) is 9.59 Å². The lowest BCUT2D eigenvalue weighted by atomic mass is 9.80. The van der Waals surface area contributed by atoms with Gasteiger partial charge in [-0.1, -0.05) is 66.4 Å². The van der Waals surface area contributed by atoms with Crippen LogP contribution in [-0.4, -0.2) is 44.7 Å². The lowest BCUT2D eigenvalue weighted by molar-refractivity contribution is -0.139. The van der Waals surface area contributed by atoms with Crippen LogP contribution in [0.5, 0.6) is 0 Å². The van der Waals surface area contributed by atoms with Gasteiger partial charge in [-0.25, -0.2) is 14.6 Å². The second kappa shape index (κ2) is 15.2. The van der Waals surface area contributed by atoms with E-state index >= 15 is 0 Å². The zero-order chi connectivity index (χ0) is 36.0. The maximum Gasteiger partial charge on any atom is 0.337 e. The molecule has 1 aliphatic rings. The molecule has 0 aliphatic carbocycles. The maximum absolute atomic E-state index is 14.0. The number of fused-ring (bicyclic) bond motifs is 2. The van der Waals surface area contributed by atoms with Gasteiger partial charge in [-0.2, -0.15) is 0 Å². The third-order valence-electron chi connectivity index (χ3n) is 9.14. The molecular formula is C43H37N5O4. The Morgan fingerprint density at radius 1 is 0.846 bits per heavy atom. The van der Waals surface area contributed by atoms with Gasteiger partial charge in [0.2, 0.25) is 0 Å². The first-order valence-corrected chi connectivity index (χ1v) is 17.2. The highest BCUT2D eigenvalue weighted by Crippen LogP contribution is 2.38. The quantitative estimate of drug-likeness (QED) is 0.125. The Morgan fingerprint density at radius 3 is 2.42 bits per heavy atom. The monoisotopic (exact) mass is 687 g/mol. The molecule has 7 rings (SSSR count). The van der Waals surface area contributed by atoms with Crippen molar-refractivity contribution in [3.05, 3.63) is 149 Å². The fourth-order valence-corrected chi connectivity index (χ4v) is 6.78. The number of benzene rings is 3. The van der Waals surface area contributed by atoms with Crippen molar-refractivity contribution in [1.82, 2.24) is 24.8 Å². The molecule has 4 heterocycles. The SMILES string of the molecule is CCOC(=O)C1=C(c2ccc(-n3c(C)nc4cnccc43)cc2)NC(C)=C(C(=O)OCC#Cc2cccnc2)C1CCc1ccc2ccccc2c1. The van der Waals surface area contributed by atoms with Crippen LogP contribution in [0.15, 0.2) is 127 Å². The highest BCUT2D eigenvalue weighted by molar-refractivity contribution is 6.03. The minimum atomic E-state index is -0.618. The average Bonchev–Trinajstić information content (AvgIpc) is 3.51. The standard InChI is InChI=1S/C43H37N5O4/c1-4-51-43(50)40-36(20-14-30-13-15-32-11-5-6-12-34(32)25-30)39(42(49)52-24-8-10-31-9-7-22-44-26-31)28(2)46-41(40)33-16-18-35(19-17-33)48-29(3)47-37-27-45-23-21-38(37)48/h5-7,9,11-13,15-19,21-23,25-27,36,46H,4,14,20,24H2,1-3H3. The summed E-state index contributed by atoms with van der Waals surface area (Å²) in [5, 5.41) is 5.68. The van der Waals surface area contributed by atoms with Crippen LogP contribution in [0.4, 0.5) is 0 Å². The molecule has 0 fully saturated rings. The maximum atomic E-state index is 14.0. The number of carbonyl (C=O) groups excluding carboxylic acids is 2. The molecule has 6 aromatic rings. The number of dihydropyridines is 1. The predicted octanol–water partition coefficient (Wildman–Crippen LogP) is 7.27. The van der Waals surface area contributed by atoms with Crippen LogP contribution in [0.25, 0.3) is 33.2 Å². The summed E-state index contributed by atoms with van der Waals surface area (Å²) in [6.45, 7) is 5.63. The first kappa shape index (κ1) is 33.9. The summed E-state index contributed by atoms with van der Waals surface area (Å²) in [6, 6.07) is 28.0. The van der Waals surface area contributed by atoms with Gasteiger partial charge in [-0.3, -0.25) is 14.5 Å². The predicted molar refractivity (Wildman–Crippen MR) is 201 cm³/mol. The smallest absolute Gasteiger partial charge is 0.337 e. The van der Waals surface area contributed by atoms with Crippen molar-refractivity contribution >= 4 is 39.4 Å². The number of nitrogens with one attached hydrogen (secondary N) is 1. The molecule has 1 unspecified atom stereocenters. The van der Waals surface area contributed by atoms with Crippen molar-refractivity contribution < 1.29 is 19.1 Å². The van der Waals surface area contributed by atoms with E-state index in [0.717, 1.165) is 50.0 Å². The Hall–Kier alpha value is -6.53. The fraction of sp³-hybridized carbons (Fsp3) is 0.186. The number of hydrogen-bond donors (Lipinski definition) is 1. The van der Waals surface area contributed by atoms with Crippen molar-refractivity contribution in [2.75, 3.05) is 13.2 Å². The van der Waals surface area contributed by atoms with Crippen LogP contribution in [-0.2, 0) is 25.5 Å². The topological polar surface area (TPSA) is 108 Å². The molecule has 0 saturated carbocycles. The van der Waals surface area contributed by atoms with Crippen LogP contribution in [0.3, 0.4) is 0 Å². The summed E-state index contributed by atoms with van der Waals surface area (Å²) in [4.78, 5) is 40.8. The number of hydrogen-bond acceptors (Lipinski definition) is 8. The number of carbonyl (C=O) groups is 2. The lowest BCUT2D eigenvalue weighted by Gasteiger charge is -2.31. The molecule has 0 spiro atoms. The molecule has 52 heavy (non-hydrogen) atoms. The third-order valence-corrected chi connectivity index (χ3v) is 9.14. The van der Waals surface area contributed by atoms with E-state index in [4.69, 9.17) is 9.47 Å². The molecule has 1 aliphatic heterocycles. The molecular weight excluding hydrogens is 651 g/mol. The Balaban J connectivity index is 1.25. The van der Waals surface area contributed by atoms with Gasteiger partial charge in [0, 0.05) is 41.5 Å². The molecule has 1 atom stereocenters. The molecule has 0 bridgehead atoms. The molecule has 1 N–H and O–H groups in total. The number of esters is 2. The number of ether oxygens (including phenoxy) is 2. The van der Waals surface area contributed by atoms with Crippen molar-refractivity contribution in [3.8, 4) is 17.5 Å². The fourth-order valence-electron chi connectivity index (χ4n) is 6.78. The Morgan fingerprint density at radius 2 is 1.63 bits per heavy atom. The van der Waals surface area contributed by atoms with Crippen molar-refractivity contribution in [2.24, 2.45) is 5.92 Å². The van der Waals surface area contributed by atoms with Gasteiger partial charge in [0.25, 0.3) is 0 Å². The van der Waals surface area contributed by atoms with Crippen LogP contribution >= 0.6 is 0 Å². The normalized spacial score (nSPS) is 14.2. The molecule has 3 aromatic carbocycles. The van der Waals surface area contributed by atoms with Crippen LogP contribution in [0.2, 0.25) is 0 Å². The molecule has 258 valence electrons. The van der Waals surface area contributed by atoms with Gasteiger partial charge in [-0.15, -0.1) is 0 Å². The number of aromatic nitrogens is 4. The molecule has 0 amide bonds. The minimum Gasteiger partial charge on any atom is -0.463 e. The van der Waals surface area contributed by atoms with E-state index in [1.54, 1.807) is 37.8 Å². The zero-order valence-corrected chi connectivity index (χ0v) is 29.2. The van der Waals surface area contributed by atoms with Gasteiger partial charge in [0.15, 0.2) is 6.61 Å². The second-order valence-corrected chi connectivity index (χ2v) is 12.5. The summed E-state index contributed by atoms with van der Waals surface area (Å²) < 4.78 is 13.5. The summed E-state index contributed by atoms with van der Waals surface area (Å²) >= 11 is 0. The highest BCUT2D eigenvalue weighted by Gasteiger charge is 2.38. The van der Waals surface area contributed by atoms with Crippen molar-refractivity contribution in [2.45, 2.75) is 33.6 Å². The number of imidazole rings is 1. The highest BCUT2D eigenvalue weighted by atomic mass is 16.5. The van der Waals surface area contributed by atoms with Gasteiger partial charge < -0.3 is 14.8 Å².